The van der Waals surface area contributed by atoms with Crippen LogP contribution in [0.15, 0.2) is 29.4 Å². The number of alkyl halides is 3. The van der Waals surface area contributed by atoms with Crippen molar-refractivity contribution in [1.82, 2.24) is 9.97 Å². The number of hydrogen-bond donors (Lipinski definition) is 0. The van der Waals surface area contributed by atoms with Crippen LogP contribution in [0.5, 0.6) is 11.8 Å². The van der Waals surface area contributed by atoms with Crippen molar-refractivity contribution >= 4 is 21.9 Å². The first-order valence-electron chi connectivity index (χ1n) is 8.80. The van der Waals surface area contributed by atoms with Crippen LogP contribution < -0.4 is 8.92 Å². The van der Waals surface area contributed by atoms with E-state index < -0.39 is 27.1 Å². The summed E-state index contributed by atoms with van der Waals surface area (Å²) in [6.07, 6.45) is 3.00. The Morgan fingerprint density at radius 3 is 2.69 bits per heavy atom. The summed E-state index contributed by atoms with van der Waals surface area (Å²) < 4.78 is 72.0. The molecule has 11 heteroatoms. The van der Waals surface area contributed by atoms with E-state index in [1.807, 2.05) is 24.3 Å². The van der Waals surface area contributed by atoms with Gasteiger partial charge in [0.2, 0.25) is 11.8 Å². The first-order chi connectivity index (χ1) is 13.6. The number of rotatable bonds is 3. The number of aromatic nitrogens is 2. The van der Waals surface area contributed by atoms with Gasteiger partial charge in [-0.15, -0.1) is 0 Å². The topological polar surface area (TPSA) is 78.4 Å². The minimum absolute atomic E-state index is 0.0619. The average Bonchev–Trinajstić information content (AvgIpc) is 2.92. The Morgan fingerprint density at radius 2 is 2.00 bits per heavy atom. The van der Waals surface area contributed by atoms with Crippen LogP contribution in [-0.4, -0.2) is 30.1 Å². The average molecular weight is 446 g/mol. The first-order valence-corrected chi connectivity index (χ1v) is 11.4. The van der Waals surface area contributed by atoms with Crippen molar-refractivity contribution in [1.29, 1.82) is 0 Å². The molecule has 1 aromatic heterocycles. The lowest BCUT2D eigenvalue weighted by Crippen LogP contribution is -2.36. The minimum atomic E-state index is -5.85. The highest BCUT2D eigenvalue weighted by molar-refractivity contribution is 7.98. The van der Waals surface area contributed by atoms with Crippen molar-refractivity contribution in [3.63, 3.8) is 0 Å². The first kappa shape index (κ1) is 20.3. The number of fused-ring (bicyclic) bond motifs is 3. The van der Waals surface area contributed by atoms with Gasteiger partial charge in [0.15, 0.2) is 5.16 Å². The van der Waals surface area contributed by atoms with Gasteiger partial charge in [0.1, 0.15) is 5.60 Å². The van der Waals surface area contributed by atoms with Crippen LogP contribution in [0.1, 0.15) is 42.4 Å². The number of benzene rings is 1. The zero-order valence-corrected chi connectivity index (χ0v) is 17.1. The predicted octanol–water partition coefficient (Wildman–Crippen LogP) is 4.15. The second-order valence-electron chi connectivity index (χ2n) is 7.07. The van der Waals surface area contributed by atoms with E-state index in [0.717, 1.165) is 22.9 Å². The monoisotopic (exact) mass is 446 g/mol. The maximum atomic E-state index is 12.8. The van der Waals surface area contributed by atoms with Crippen molar-refractivity contribution in [2.75, 3.05) is 6.26 Å². The molecule has 2 aromatic rings. The Hall–Kier alpha value is -2.01. The van der Waals surface area contributed by atoms with Crippen LogP contribution in [-0.2, 0) is 22.1 Å². The van der Waals surface area contributed by atoms with E-state index in [1.165, 1.54) is 0 Å². The van der Waals surface area contributed by atoms with E-state index in [9.17, 15) is 21.6 Å². The summed E-state index contributed by atoms with van der Waals surface area (Å²) in [5.41, 5.74) is -3.91. The van der Waals surface area contributed by atoms with Crippen molar-refractivity contribution in [2.24, 2.45) is 0 Å². The SMILES string of the molecule is CSc1nc2c(c(OS(=O)(=O)C(F)(F)F)n1)CCC1(CC(C)c3ccccc31)O2. The summed E-state index contributed by atoms with van der Waals surface area (Å²) in [5.74, 6) is -0.325. The summed E-state index contributed by atoms with van der Waals surface area (Å²) in [6, 6.07) is 7.87. The summed E-state index contributed by atoms with van der Waals surface area (Å²) in [6.45, 7) is 2.09. The lowest BCUT2D eigenvalue weighted by molar-refractivity contribution is -0.0502. The Labute approximate surface area is 170 Å². The molecule has 156 valence electrons. The van der Waals surface area contributed by atoms with Gasteiger partial charge in [-0.2, -0.15) is 31.6 Å². The Bertz CT molecular complexity index is 1080. The molecule has 29 heavy (non-hydrogen) atoms. The Kier molecular flexibility index (Phi) is 4.73. The summed E-state index contributed by atoms with van der Waals surface area (Å²) in [5, 5.41) is 0.0625. The molecule has 0 bridgehead atoms. The second-order valence-corrected chi connectivity index (χ2v) is 9.38. The van der Waals surface area contributed by atoms with Gasteiger partial charge in [-0.1, -0.05) is 43.0 Å². The summed E-state index contributed by atoms with van der Waals surface area (Å²) in [7, 11) is -5.85. The van der Waals surface area contributed by atoms with Crippen LogP contribution in [0.4, 0.5) is 13.2 Å². The maximum Gasteiger partial charge on any atom is 0.534 e. The molecule has 0 fully saturated rings. The third-order valence-corrected chi connectivity index (χ3v) is 6.75. The second kappa shape index (κ2) is 6.76. The van der Waals surface area contributed by atoms with Crippen LogP contribution in [0.2, 0.25) is 0 Å². The molecule has 2 heterocycles. The van der Waals surface area contributed by atoms with Crippen molar-refractivity contribution in [3.05, 3.63) is 41.0 Å². The fourth-order valence-corrected chi connectivity index (χ4v) is 4.78. The van der Waals surface area contributed by atoms with Crippen molar-refractivity contribution in [3.8, 4) is 11.8 Å². The van der Waals surface area contributed by atoms with Crippen LogP contribution in [0.25, 0.3) is 0 Å². The van der Waals surface area contributed by atoms with Gasteiger partial charge in [0.25, 0.3) is 0 Å². The van der Waals surface area contributed by atoms with E-state index in [1.54, 1.807) is 6.26 Å². The molecule has 0 amide bonds. The summed E-state index contributed by atoms with van der Waals surface area (Å²) in [4.78, 5) is 8.12. The van der Waals surface area contributed by atoms with E-state index in [4.69, 9.17) is 4.74 Å². The number of halogens is 3. The Morgan fingerprint density at radius 1 is 1.28 bits per heavy atom. The molecule has 4 rings (SSSR count). The molecule has 2 aliphatic rings. The number of nitrogens with zero attached hydrogens (tertiary/aromatic N) is 2. The molecule has 0 N–H and O–H groups in total. The molecule has 2 atom stereocenters. The highest BCUT2D eigenvalue weighted by atomic mass is 32.2. The lowest BCUT2D eigenvalue weighted by Gasteiger charge is -2.36. The van der Waals surface area contributed by atoms with Crippen LogP contribution in [0.3, 0.4) is 0 Å². The molecule has 2 unspecified atom stereocenters. The number of thioether (sulfide) groups is 1. The normalized spacial score (nSPS) is 23.4. The number of hydrogen-bond acceptors (Lipinski definition) is 7. The van der Waals surface area contributed by atoms with Gasteiger partial charge >= 0.3 is 15.6 Å². The number of ether oxygens (including phenoxy) is 1. The fourth-order valence-electron chi connectivity index (χ4n) is 3.99. The third-order valence-electron chi connectivity index (χ3n) is 5.25. The van der Waals surface area contributed by atoms with E-state index in [-0.39, 0.29) is 28.9 Å². The molecular weight excluding hydrogens is 429 g/mol. The van der Waals surface area contributed by atoms with Gasteiger partial charge in [-0.25, -0.2) is 0 Å². The highest BCUT2D eigenvalue weighted by Gasteiger charge is 2.51. The smallest absolute Gasteiger partial charge is 0.466 e. The largest absolute Gasteiger partial charge is 0.534 e. The molecule has 0 saturated carbocycles. The van der Waals surface area contributed by atoms with Gasteiger partial charge in [0.05, 0.1) is 5.56 Å². The van der Waals surface area contributed by atoms with Gasteiger partial charge < -0.3 is 8.92 Å². The van der Waals surface area contributed by atoms with Gasteiger partial charge in [-0.3, -0.25) is 0 Å². The predicted molar refractivity (Wildman–Crippen MR) is 99.5 cm³/mol. The zero-order valence-electron chi connectivity index (χ0n) is 15.5. The zero-order chi connectivity index (χ0) is 21.0. The quantitative estimate of drug-likeness (QED) is 0.303. The highest BCUT2D eigenvalue weighted by Crippen LogP contribution is 2.52. The van der Waals surface area contributed by atoms with Gasteiger partial charge in [-0.05, 0) is 42.6 Å². The van der Waals surface area contributed by atoms with E-state index in [2.05, 4.69) is 21.1 Å². The molecule has 0 radical (unpaired) electrons. The van der Waals surface area contributed by atoms with E-state index in [0.29, 0.717) is 12.8 Å². The fraction of sp³-hybridized carbons (Fsp3) is 0.444. The molecule has 6 nitrogen and oxygen atoms in total. The van der Waals surface area contributed by atoms with Crippen LogP contribution >= 0.6 is 11.8 Å². The molecule has 0 saturated heterocycles. The van der Waals surface area contributed by atoms with Crippen molar-refractivity contribution < 1.29 is 30.5 Å². The molecule has 1 aromatic carbocycles. The van der Waals surface area contributed by atoms with Crippen molar-refractivity contribution in [2.45, 2.75) is 48.4 Å². The lowest BCUT2D eigenvalue weighted by atomic mass is 9.86. The molecule has 1 spiro atoms. The van der Waals surface area contributed by atoms with Crippen LogP contribution in [0, 0.1) is 0 Å². The molecule has 1 aliphatic carbocycles. The maximum absolute atomic E-state index is 12.8. The Balaban J connectivity index is 1.77. The molecule has 1 aliphatic heterocycles. The van der Waals surface area contributed by atoms with E-state index >= 15 is 0 Å². The summed E-state index contributed by atoms with van der Waals surface area (Å²) >= 11 is 1.05. The third kappa shape index (κ3) is 3.33. The molecular formula is C18H17F3N2O4S2. The standard InChI is InChI=1S/C18H17F3N2O4S2/c1-10-9-17(13-6-4-3-5-11(10)13)8-7-12-14(26-17)22-16(28-2)23-15(12)27-29(24,25)18(19,20)21/h3-6,10H,7-9H2,1-2H3. The van der Waals surface area contributed by atoms with Gasteiger partial charge in [0, 0.05) is 0 Å². The minimum Gasteiger partial charge on any atom is -0.466 e.